The summed E-state index contributed by atoms with van der Waals surface area (Å²) in [6.07, 6.45) is 0.266. The van der Waals surface area contributed by atoms with E-state index in [-0.39, 0.29) is 24.2 Å². The third-order valence-corrected chi connectivity index (χ3v) is 3.65. The third-order valence-electron chi connectivity index (χ3n) is 3.65. The van der Waals surface area contributed by atoms with Gasteiger partial charge in [0.15, 0.2) is 0 Å². The van der Waals surface area contributed by atoms with Crippen LogP contribution < -0.4 is 16.4 Å². The van der Waals surface area contributed by atoms with E-state index in [4.69, 9.17) is 5.73 Å². The lowest BCUT2D eigenvalue weighted by atomic mass is 10.1. The molecule has 4 N–H and O–H groups in total. The number of nitrogens with one attached hydrogen (secondary N) is 2. The first-order chi connectivity index (χ1) is 11.3. The zero-order chi connectivity index (χ0) is 17.7. The maximum Gasteiger partial charge on any atom is 0.228 e. The highest BCUT2D eigenvalue weighted by Crippen LogP contribution is 2.21. The Bertz CT molecular complexity index is 737. The van der Waals surface area contributed by atoms with Crippen molar-refractivity contribution in [1.29, 1.82) is 0 Å². The van der Waals surface area contributed by atoms with Gasteiger partial charge in [-0.15, -0.1) is 0 Å². The van der Waals surface area contributed by atoms with E-state index in [1.165, 1.54) is 0 Å². The average molecular weight is 325 g/mol. The van der Waals surface area contributed by atoms with Crippen LogP contribution in [0.1, 0.15) is 25.0 Å². The molecule has 0 aromatic heterocycles. The van der Waals surface area contributed by atoms with E-state index in [1.54, 1.807) is 18.2 Å². The van der Waals surface area contributed by atoms with E-state index >= 15 is 0 Å². The van der Waals surface area contributed by atoms with Gasteiger partial charge in [0, 0.05) is 23.0 Å². The van der Waals surface area contributed by atoms with E-state index in [2.05, 4.69) is 10.6 Å². The Balaban J connectivity index is 2.06. The summed E-state index contributed by atoms with van der Waals surface area (Å²) < 4.78 is 0. The quantitative estimate of drug-likeness (QED) is 0.737. The van der Waals surface area contributed by atoms with Crippen LogP contribution >= 0.6 is 0 Å². The van der Waals surface area contributed by atoms with Gasteiger partial charge in [-0.1, -0.05) is 32.0 Å². The number of rotatable bonds is 5. The molecule has 0 aliphatic rings. The number of carbonyl (C=O) groups excluding carboxylic acids is 2. The number of nitrogens with two attached hydrogens (primary N) is 1. The summed E-state index contributed by atoms with van der Waals surface area (Å²) >= 11 is 0. The van der Waals surface area contributed by atoms with Crippen LogP contribution in [-0.2, 0) is 16.0 Å². The minimum absolute atomic E-state index is 0.0574. The second kappa shape index (κ2) is 7.64. The number of anilines is 3. The van der Waals surface area contributed by atoms with E-state index in [9.17, 15) is 9.59 Å². The Morgan fingerprint density at radius 3 is 2.33 bits per heavy atom. The molecule has 126 valence electrons. The van der Waals surface area contributed by atoms with Gasteiger partial charge in [-0.05, 0) is 42.3 Å². The first kappa shape index (κ1) is 17.5. The molecule has 0 radical (unpaired) electrons. The van der Waals surface area contributed by atoms with Gasteiger partial charge in [-0.25, -0.2) is 0 Å². The van der Waals surface area contributed by atoms with Crippen molar-refractivity contribution in [3.63, 3.8) is 0 Å². The van der Waals surface area contributed by atoms with Gasteiger partial charge < -0.3 is 16.4 Å². The van der Waals surface area contributed by atoms with Crippen LogP contribution in [0.5, 0.6) is 0 Å². The molecule has 0 spiro atoms. The minimum Gasteiger partial charge on any atom is -0.399 e. The number of hydrogen-bond donors (Lipinski definition) is 3. The molecular formula is C19H23N3O2. The zero-order valence-electron chi connectivity index (χ0n) is 14.2. The molecule has 2 rings (SSSR count). The zero-order valence-corrected chi connectivity index (χ0v) is 14.2. The smallest absolute Gasteiger partial charge is 0.228 e. The first-order valence-corrected chi connectivity index (χ1v) is 7.91. The van der Waals surface area contributed by atoms with E-state index in [0.717, 1.165) is 11.1 Å². The standard InChI is InChI=1S/C19H23N3O2/c1-12(2)19(24)21-16-9-4-13(3)17(11-16)22-18(23)10-14-5-7-15(20)8-6-14/h4-9,11-12H,10,20H2,1-3H3,(H,21,24)(H,22,23). The normalized spacial score (nSPS) is 10.5. The fourth-order valence-electron chi connectivity index (χ4n) is 2.14. The monoisotopic (exact) mass is 325 g/mol. The van der Waals surface area contributed by atoms with Crippen LogP contribution in [0.25, 0.3) is 0 Å². The molecule has 0 bridgehead atoms. The SMILES string of the molecule is Cc1ccc(NC(=O)C(C)C)cc1NC(=O)Cc1ccc(N)cc1. The van der Waals surface area contributed by atoms with E-state index in [0.29, 0.717) is 17.1 Å². The fourth-order valence-corrected chi connectivity index (χ4v) is 2.14. The molecule has 2 aromatic carbocycles. The average Bonchev–Trinajstić information content (AvgIpc) is 2.52. The van der Waals surface area contributed by atoms with Crippen LogP contribution in [-0.4, -0.2) is 11.8 Å². The Labute approximate surface area is 142 Å². The summed E-state index contributed by atoms with van der Waals surface area (Å²) in [6.45, 7) is 5.57. The van der Waals surface area contributed by atoms with E-state index < -0.39 is 0 Å². The van der Waals surface area contributed by atoms with Crippen molar-refractivity contribution in [2.75, 3.05) is 16.4 Å². The summed E-state index contributed by atoms with van der Waals surface area (Å²) in [4.78, 5) is 24.0. The Morgan fingerprint density at radius 1 is 1.04 bits per heavy atom. The first-order valence-electron chi connectivity index (χ1n) is 7.91. The molecule has 0 aliphatic heterocycles. The van der Waals surface area contributed by atoms with Crippen molar-refractivity contribution >= 4 is 28.9 Å². The van der Waals surface area contributed by atoms with Gasteiger partial charge in [-0.3, -0.25) is 9.59 Å². The maximum absolute atomic E-state index is 12.2. The topological polar surface area (TPSA) is 84.2 Å². The van der Waals surface area contributed by atoms with Gasteiger partial charge in [0.2, 0.25) is 11.8 Å². The molecule has 0 saturated carbocycles. The fraction of sp³-hybridized carbons (Fsp3) is 0.263. The van der Waals surface area contributed by atoms with Crippen LogP contribution in [0.3, 0.4) is 0 Å². The predicted octanol–water partition coefficient (Wildman–Crippen LogP) is 3.35. The molecule has 0 heterocycles. The maximum atomic E-state index is 12.2. The van der Waals surface area contributed by atoms with Crippen LogP contribution in [0.4, 0.5) is 17.1 Å². The number of aryl methyl sites for hydroxylation is 1. The third kappa shape index (κ3) is 4.84. The second-order valence-electron chi connectivity index (χ2n) is 6.14. The predicted molar refractivity (Wildman–Crippen MR) is 97.8 cm³/mol. The lowest BCUT2D eigenvalue weighted by Gasteiger charge is -2.13. The summed E-state index contributed by atoms with van der Waals surface area (Å²) in [7, 11) is 0. The van der Waals surface area contributed by atoms with Gasteiger partial charge in [0.1, 0.15) is 0 Å². The van der Waals surface area contributed by atoms with Crippen LogP contribution in [0, 0.1) is 12.8 Å². The highest BCUT2D eigenvalue weighted by atomic mass is 16.2. The molecule has 0 saturated heterocycles. The molecule has 2 amide bonds. The summed E-state index contributed by atoms with van der Waals surface area (Å²) in [5.74, 6) is -0.275. The second-order valence-corrected chi connectivity index (χ2v) is 6.14. The number of benzene rings is 2. The van der Waals surface area contributed by atoms with E-state index in [1.807, 2.05) is 45.0 Å². The molecule has 5 nitrogen and oxygen atoms in total. The van der Waals surface area contributed by atoms with Crippen molar-refractivity contribution in [1.82, 2.24) is 0 Å². The van der Waals surface area contributed by atoms with Crippen molar-refractivity contribution in [3.8, 4) is 0 Å². The molecule has 24 heavy (non-hydrogen) atoms. The van der Waals surface area contributed by atoms with Crippen molar-refractivity contribution in [2.45, 2.75) is 27.2 Å². The van der Waals surface area contributed by atoms with Crippen molar-refractivity contribution in [3.05, 3.63) is 53.6 Å². The minimum atomic E-state index is -0.116. The highest BCUT2D eigenvalue weighted by Gasteiger charge is 2.10. The lowest BCUT2D eigenvalue weighted by Crippen LogP contribution is -2.18. The molecule has 0 atom stereocenters. The molecule has 5 heteroatoms. The van der Waals surface area contributed by atoms with Gasteiger partial charge in [0.25, 0.3) is 0 Å². The molecule has 2 aromatic rings. The number of hydrogen-bond acceptors (Lipinski definition) is 3. The van der Waals surface area contributed by atoms with Crippen LogP contribution in [0.2, 0.25) is 0 Å². The summed E-state index contributed by atoms with van der Waals surface area (Å²) in [5.41, 5.74) is 9.50. The molecule has 0 aliphatic carbocycles. The number of nitrogen functional groups attached to an aromatic ring is 1. The largest absolute Gasteiger partial charge is 0.399 e. The summed E-state index contributed by atoms with van der Waals surface area (Å²) in [6, 6.07) is 12.7. The Morgan fingerprint density at radius 2 is 1.71 bits per heavy atom. The Hall–Kier alpha value is -2.82. The summed E-state index contributed by atoms with van der Waals surface area (Å²) in [5, 5.41) is 5.73. The van der Waals surface area contributed by atoms with Crippen molar-refractivity contribution in [2.24, 2.45) is 5.92 Å². The molecular weight excluding hydrogens is 302 g/mol. The highest BCUT2D eigenvalue weighted by molar-refractivity contribution is 5.96. The lowest BCUT2D eigenvalue weighted by molar-refractivity contribution is -0.119. The Kier molecular flexibility index (Phi) is 5.58. The molecule has 0 fully saturated rings. The van der Waals surface area contributed by atoms with Gasteiger partial charge >= 0.3 is 0 Å². The number of carbonyl (C=O) groups is 2. The van der Waals surface area contributed by atoms with Crippen LogP contribution in [0.15, 0.2) is 42.5 Å². The van der Waals surface area contributed by atoms with Gasteiger partial charge in [0.05, 0.1) is 6.42 Å². The van der Waals surface area contributed by atoms with Crippen molar-refractivity contribution < 1.29 is 9.59 Å². The number of amides is 2. The van der Waals surface area contributed by atoms with Gasteiger partial charge in [-0.2, -0.15) is 0 Å². The molecule has 0 unspecified atom stereocenters.